The maximum Gasteiger partial charge on any atom is 0.227 e. The van der Waals surface area contributed by atoms with E-state index in [0.717, 1.165) is 16.8 Å². The molecule has 20 heavy (non-hydrogen) atoms. The van der Waals surface area contributed by atoms with E-state index in [1.807, 2.05) is 25.1 Å². The Labute approximate surface area is 123 Å². The van der Waals surface area contributed by atoms with Crippen molar-refractivity contribution in [1.29, 1.82) is 0 Å². The molecule has 0 aliphatic carbocycles. The number of thioether (sulfide) groups is 1. The molecule has 1 aliphatic rings. The second kappa shape index (κ2) is 6.41. The van der Waals surface area contributed by atoms with E-state index in [4.69, 9.17) is 0 Å². The van der Waals surface area contributed by atoms with Gasteiger partial charge in [-0.3, -0.25) is 9.59 Å². The molecule has 0 radical (unpaired) electrons. The molecule has 1 aromatic carbocycles. The van der Waals surface area contributed by atoms with Crippen LogP contribution in [0.25, 0.3) is 0 Å². The van der Waals surface area contributed by atoms with E-state index in [9.17, 15) is 14.7 Å². The Balaban J connectivity index is 2.14. The van der Waals surface area contributed by atoms with Crippen LogP contribution in [0.3, 0.4) is 0 Å². The third-order valence-corrected chi connectivity index (χ3v) is 4.65. The van der Waals surface area contributed by atoms with Gasteiger partial charge in [-0.15, -0.1) is 0 Å². The number of hydrogen-bond donors (Lipinski definition) is 1. The fraction of sp³-hybridized carbons (Fsp3) is 0.467. The summed E-state index contributed by atoms with van der Waals surface area (Å²) in [5, 5.41) is 9.40. The zero-order chi connectivity index (χ0) is 14.7. The summed E-state index contributed by atoms with van der Waals surface area (Å²) in [7, 11) is 0. The Morgan fingerprint density at radius 2 is 2.25 bits per heavy atom. The third-order valence-electron chi connectivity index (χ3n) is 3.61. The number of benzene rings is 1. The first-order valence-electron chi connectivity index (χ1n) is 6.66. The van der Waals surface area contributed by atoms with Gasteiger partial charge in [0.25, 0.3) is 0 Å². The van der Waals surface area contributed by atoms with Gasteiger partial charge in [0.15, 0.2) is 5.12 Å². The second-order valence-electron chi connectivity index (χ2n) is 5.10. The molecule has 4 nitrogen and oxygen atoms in total. The molecule has 1 amide bonds. The van der Waals surface area contributed by atoms with Crippen molar-refractivity contribution in [2.75, 3.05) is 17.2 Å². The molecule has 2 rings (SSSR count). The van der Waals surface area contributed by atoms with Crippen LogP contribution in [0.1, 0.15) is 24.5 Å². The van der Waals surface area contributed by atoms with Gasteiger partial charge in [0.1, 0.15) is 0 Å². The quantitative estimate of drug-likeness (QED) is 0.924. The van der Waals surface area contributed by atoms with Crippen LogP contribution in [-0.2, 0) is 16.2 Å². The lowest BCUT2D eigenvalue weighted by molar-refractivity contribution is -0.117. The molecule has 1 N–H and O–H groups in total. The highest BCUT2D eigenvalue weighted by atomic mass is 32.2. The van der Waals surface area contributed by atoms with Crippen LogP contribution in [0.4, 0.5) is 5.69 Å². The predicted molar refractivity (Wildman–Crippen MR) is 80.7 cm³/mol. The molecule has 1 unspecified atom stereocenters. The van der Waals surface area contributed by atoms with Crippen molar-refractivity contribution in [1.82, 2.24) is 0 Å². The second-order valence-corrected chi connectivity index (χ2v) is 6.29. The van der Waals surface area contributed by atoms with Crippen LogP contribution in [0.5, 0.6) is 0 Å². The van der Waals surface area contributed by atoms with Gasteiger partial charge >= 0.3 is 0 Å². The van der Waals surface area contributed by atoms with Crippen LogP contribution in [0.15, 0.2) is 18.2 Å². The van der Waals surface area contributed by atoms with Gasteiger partial charge in [-0.25, -0.2) is 0 Å². The number of nitrogens with zero attached hydrogens (tertiary/aromatic N) is 1. The Bertz CT molecular complexity index is 530. The van der Waals surface area contributed by atoms with Gasteiger partial charge in [0, 0.05) is 31.3 Å². The van der Waals surface area contributed by atoms with Gasteiger partial charge in [-0.1, -0.05) is 23.9 Å². The molecule has 0 spiro atoms. The minimum atomic E-state index is -0.0225. The SMILES string of the molecule is CC(=O)SCC1CC(=O)N(c2cccc(CO)c2C)C1. The van der Waals surface area contributed by atoms with Crippen molar-refractivity contribution >= 4 is 28.5 Å². The molecule has 5 heteroatoms. The van der Waals surface area contributed by atoms with E-state index in [2.05, 4.69) is 0 Å². The van der Waals surface area contributed by atoms with Crippen LogP contribution in [0.2, 0.25) is 0 Å². The number of amides is 1. The lowest BCUT2D eigenvalue weighted by atomic mass is 10.1. The number of anilines is 1. The summed E-state index contributed by atoms with van der Waals surface area (Å²) >= 11 is 1.28. The average Bonchev–Trinajstić information content (AvgIpc) is 2.78. The predicted octanol–water partition coefficient (Wildman–Crippen LogP) is 2.12. The molecular formula is C15H19NO3S. The monoisotopic (exact) mass is 293 g/mol. The number of aliphatic hydroxyl groups excluding tert-OH is 1. The maximum absolute atomic E-state index is 12.2. The summed E-state index contributed by atoms with van der Waals surface area (Å²) in [5.41, 5.74) is 2.66. The summed E-state index contributed by atoms with van der Waals surface area (Å²) in [5.74, 6) is 1.00. The molecule has 108 valence electrons. The van der Waals surface area contributed by atoms with Crippen molar-refractivity contribution < 1.29 is 14.7 Å². The van der Waals surface area contributed by atoms with Gasteiger partial charge in [0.2, 0.25) is 5.91 Å². The summed E-state index contributed by atoms with van der Waals surface area (Å²) in [6.07, 6.45) is 0.489. The van der Waals surface area contributed by atoms with E-state index in [1.54, 1.807) is 11.8 Å². The van der Waals surface area contributed by atoms with Crippen LogP contribution >= 0.6 is 11.8 Å². The maximum atomic E-state index is 12.2. The highest BCUT2D eigenvalue weighted by Crippen LogP contribution is 2.31. The van der Waals surface area contributed by atoms with Gasteiger partial charge in [-0.2, -0.15) is 0 Å². The van der Waals surface area contributed by atoms with Crippen LogP contribution < -0.4 is 4.90 Å². The normalized spacial score (nSPS) is 18.6. The highest BCUT2D eigenvalue weighted by molar-refractivity contribution is 8.13. The van der Waals surface area contributed by atoms with E-state index < -0.39 is 0 Å². The fourth-order valence-electron chi connectivity index (χ4n) is 2.49. The number of hydrogen-bond acceptors (Lipinski definition) is 4. The summed E-state index contributed by atoms with van der Waals surface area (Å²) < 4.78 is 0. The molecule has 0 bridgehead atoms. The molecule has 1 heterocycles. The molecule has 1 fully saturated rings. The molecular weight excluding hydrogens is 274 g/mol. The molecule has 1 saturated heterocycles. The number of carbonyl (C=O) groups excluding carboxylic acids is 2. The minimum absolute atomic E-state index is 0.0225. The number of carbonyl (C=O) groups is 2. The molecule has 1 atom stereocenters. The van der Waals surface area contributed by atoms with Gasteiger partial charge in [-0.05, 0) is 30.0 Å². The lowest BCUT2D eigenvalue weighted by Gasteiger charge is -2.20. The van der Waals surface area contributed by atoms with Crippen LogP contribution in [0, 0.1) is 12.8 Å². The van der Waals surface area contributed by atoms with E-state index in [1.165, 1.54) is 11.8 Å². The zero-order valence-electron chi connectivity index (χ0n) is 11.8. The Kier molecular flexibility index (Phi) is 4.83. The third kappa shape index (κ3) is 3.22. The lowest BCUT2D eigenvalue weighted by Crippen LogP contribution is -2.25. The summed E-state index contributed by atoms with van der Waals surface area (Å²) in [4.78, 5) is 24.9. The first-order valence-corrected chi connectivity index (χ1v) is 7.64. The first-order chi connectivity index (χ1) is 9.52. The Morgan fingerprint density at radius 3 is 2.90 bits per heavy atom. The molecule has 0 saturated carbocycles. The average molecular weight is 293 g/mol. The Morgan fingerprint density at radius 1 is 1.50 bits per heavy atom. The molecule has 0 aromatic heterocycles. The van der Waals surface area contributed by atoms with E-state index in [0.29, 0.717) is 18.7 Å². The van der Waals surface area contributed by atoms with Crippen LogP contribution in [-0.4, -0.2) is 28.4 Å². The highest BCUT2D eigenvalue weighted by Gasteiger charge is 2.31. The summed E-state index contributed by atoms with van der Waals surface area (Å²) in [6, 6.07) is 5.63. The zero-order valence-corrected chi connectivity index (χ0v) is 12.6. The van der Waals surface area contributed by atoms with Gasteiger partial charge < -0.3 is 10.0 Å². The standard InChI is InChI=1S/C15H19NO3S/c1-10-13(8-17)4-3-5-14(10)16-7-12(6-15(16)19)9-20-11(2)18/h3-5,12,17H,6-9H2,1-2H3. The minimum Gasteiger partial charge on any atom is -0.392 e. The van der Waals surface area contributed by atoms with E-state index >= 15 is 0 Å². The molecule has 1 aromatic rings. The van der Waals surface area contributed by atoms with Gasteiger partial charge in [0.05, 0.1) is 6.61 Å². The molecule has 1 aliphatic heterocycles. The smallest absolute Gasteiger partial charge is 0.227 e. The van der Waals surface area contributed by atoms with Crippen molar-refractivity contribution in [2.45, 2.75) is 26.9 Å². The topological polar surface area (TPSA) is 57.6 Å². The first kappa shape index (κ1) is 15.1. The largest absolute Gasteiger partial charge is 0.392 e. The van der Waals surface area contributed by atoms with Crippen molar-refractivity contribution in [3.63, 3.8) is 0 Å². The van der Waals surface area contributed by atoms with Crippen molar-refractivity contribution in [3.05, 3.63) is 29.3 Å². The fourth-order valence-corrected chi connectivity index (χ4v) is 3.19. The number of rotatable bonds is 4. The number of aliphatic hydroxyl groups is 1. The van der Waals surface area contributed by atoms with Crippen molar-refractivity contribution in [3.8, 4) is 0 Å². The Hall–Kier alpha value is -1.33. The van der Waals surface area contributed by atoms with E-state index in [-0.39, 0.29) is 23.5 Å². The summed E-state index contributed by atoms with van der Waals surface area (Å²) in [6.45, 7) is 4.10. The van der Waals surface area contributed by atoms with Crippen molar-refractivity contribution in [2.24, 2.45) is 5.92 Å².